The maximum absolute atomic E-state index is 12.6. The zero-order valence-electron chi connectivity index (χ0n) is 16.1. The van der Waals surface area contributed by atoms with Crippen LogP contribution in [0, 0.1) is 11.8 Å². The summed E-state index contributed by atoms with van der Waals surface area (Å²) in [6.07, 6.45) is 1.67. The van der Waals surface area contributed by atoms with Gasteiger partial charge in [0, 0.05) is 18.5 Å². The highest BCUT2D eigenvalue weighted by Crippen LogP contribution is 2.32. The largest absolute Gasteiger partial charge is 0.309 e. The van der Waals surface area contributed by atoms with Crippen LogP contribution in [0.4, 0.5) is 0 Å². The first-order chi connectivity index (χ1) is 13.1. The van der Waals surface area contributed by atoms with E-state index in [9.17, 15) is 4.79 Å². The van der Waals surface area contributed by atoms with E-state index in [0.717, 1.165) is 43.9 Å². The Morgan fingerprint density at radius 2 is 2.07 bits per heavy atom. The van der Waals surface area contributed by atoms with Crippen LogP contribution in [-0.4, -0.2) is 56.9 Å². The van der Waals surface area contributed by atoms with Crippen molar-refractivity contribution in [3.63, 3.8) is 0 Å². The van der Waals surface area contributed by atoms with Gasteiger partial charge in [0.25, 0.3) is 5.84 Å². The van der Waals surface area contributed by atoms with E-state index in [1.807, 2.05) is 6.07 Å². The number of benzene rings is 1. The number of amidine groups is 1. The summed E-state index contributed by atoms with van der Waals surface area (Å²) in [5.41, 5.74) is 2.19. The molecule has 140 valence electrons. The molecule has 0 saturated carbocycles. The molecule has 0 spiro atoms. The van der Waals surface area contributed by atoms with Crippen molar-refractivity contribution in [1.82, 2.24) is 14.8 Å². The van der Waals surface area contributed by atoms with Gasteiger partial charge in [-0.3, -0.25) is 9.88 Å². The molecule has 5 heteroatoms. The van der Waals surface area contributed by atoms with Gasteiger partial charge in [0.15, 0.2) is 0 Å². The van der Waals surface area contributed by atoms with E-state index in [-0.39, 0.29) is 0 Å². The molecule has 27 heavy (non-hydrogen) atoms. The lowest BCUT2D eigenvalue weighted by Crippen LogP contribution is -2.54. The Morgan fingerprint density at radius 3 is 2.93 bits per heavy atom. The summed E-state index contributed by atoms with van der Waals surface area (Å²) < 4.78 is 2.46. The van der Waals surface area contributed by atoms with Gasteiger partial charge in [-0.05, 0) is 24.5 Å². The van der Waals surface area contributed by atoms with Crippen molar-refractivity contribution in [2.45, 2.75) is 39.3 Å². The van der Waals surface area contributed by atoms with Crippen LogP contribution in [0.15, 0.2) is 36.4 Å². The normalized spacial score (nSPS) is 25.6. The second-order valence-electron chi connectivity index (χ2n) is 8.54. The first kappa shape index (κ1) is 16.9. The molecule has 1 unspecified atom stereocenters. The Hall–Kier alpha value is -2.27. The first-order valence-corrected chi connectivity index (χ1v) is 10.1. The monoisotopic (exact) mass is 363 g/mol. The highest BCUT2D eigenvalue weighted by Gasteiger charge is 2.53. The molecule has 1 saturated heterocycles. The maximum Gasteiger partial charge on any atom is 0.309 e. The van der Waals surface area contributed by atoms with Crippen molar-refractivity contribution in [2.24, 2.45) is 11.8 Å². The van der Waals surface area contributed by atoms with E-state index >= 15 is 0 Å². The van der Waals surface area contributed by atoms with E-state index < -0.39 is 0 Å². The third-order valence-corrected chi connectivity index (χ3v) is 6.31. The van der Waals surface area contributed by atoms with Gasteiger partial charge in [0.05, 0.1) is 23.5 Å². The molecule has 1 aromatic carbocycles. The van der Waals surface area contributed by atoms with Crippen molar-refractivity contribution in [1.29, 1.82) is 0 Å². The molecule has 4 heterocycles. The number of amides is 1. The second-order valence-corrected chi connectivity index (χ2v) is 8.54. The van der Waals surface area contributed by atoms with Gasteiger partial charge in [0.1, 0.15) is 19.3 Å². The van der Waals surface area contributed by atoms with Gasteiger partial charge in [-0.1, -0.05) is 38.1 Å². The topological polar surface area (TPSA) is 39.5 Å². The van der Waals surface area contributed by atoms with Gasteiger partial charge in [-0.2, -0.15) is 4.90 Å². The Labute approximate surface area is 160 Å². The summed E-state index contributed by atoms with van der Waals surface area (Å²) in [5.74, 6) is 2.59. The van der Waals surface area contributed by atoms with Crippen LogP contribution >= 0.6 is 0 Å². The van der Waals surface area contributed by atoms with E-state index in [4.69, 9.17) is 4.98 Å². The number of rotatable bonds is 3. The number of nitrogens with zero attached hydrogens (tertiary/aromatic N) is 4. The predicted octanol–water partition coefficient (Wildman–Crippen LogP) is 2.70. The number of pyridine rings is 1. The van der Waals surface area contributed by atoms with Crippen LogP contribution in [-0.2, 0) is 11.3 Å². The van der Waals surface area contributed by atoms with Crippen LogP contribution < -0.4 is 0 Å². The third-order valence-electron chi connectivity index (χ3n) is 6.31. The fourth-order valence-corrected chi connectivity index (χ4v) is 5.00. The van der Waals surface area contributed by atoms with E-state index in [1.165, 1.54) is 11.2 Å². The number of hydrogen-bond donors (Lipinski definition) is 0. The lowest BCUT2D eigenvalue weighted by Gasteiger charge is -2.34. The fourth-order valence-electron chi connectivity index (χ4n) is 5.00. The van der Waals surface area contributed by atoms with Crippen molar-refractivity contribution < 1.29 is 9.37 Å². The Balaban J connectivity index is 1.40. The molecule has 3 aliphatic heterocycles. The minimum Gasteiger partial charge on any atom is -0.261 e. The molecule has 3 aliphatic rings. The number of para-hydroxylation sites is 1. The molecule has 1 amide bonds. The van der Waals surface area contributed by atoms with Crippen molar-refractivity contribution in [3.8, 4) is 0 Å². The molecule has 1 aromatic heterocycles. The van der Waals surface area contributed by atoms with Crippen LogP contribution in [0.3, 0.4) is 0 Å². The van der Waals surface area contributed by atoms with Crippen molar-refractivity contribution in [3.05, 3.63) is 42.1 Å². The van der Waals surface area contributed by atoms with Gasteiger partial charge in [0.2, 0.25) is 0 Å². The highest BCUT2D eigenvalue weighted by atomic mass is 16.2. The Kier molecular flexibility index (Phi) is 4.01. The highest BCUT2D eigenvalue weighted by molar-refractivity contribution is 6.00. The zero-order valence-corrected chi connectivity index (χ0v) is 16.1. The SMILES string of the molecule is CC(C)C1C[N+]2=C3[C@H](CCC(=O)N31)CN(Cc1ccc3ccccc3n1)C2. The molecule has 0 radical (unpaired) electrons. The third kappa shape index (κ3) is 2.85. The van der Waals surface area contributed by atoms with Gasteiger partial charge in [-0.15, -0.1) is 0 Å². The number of fused-ring (bicyclic) bond motifs is 1. The summed E-state index contributed by atoms with van der Waals surface area (Å²) in [7, 11) is 0. The summed E-state index contributed by atoms with van der Waals surface area (Å²) in [6, 6.07) is 12.9. The van der Waals surface area contributed by atoms with E-state index in [0.29, 0.717) is 30.2 Å². The van der Waals surface area contributed by atoms with Crippen LogP contribution in [0.2, 0.25) is 0 Å². The van der Waals surface area contributed by atoms with E-state index in [2.05, 4.69) is 58.6 Å². The molecule has 5 rings (SSSR count). The summed E-state index contributed by atoms with van der Waals surface area (Å²) in [6.45, 7) is 8.22. The average Bonchev–Trinajstić information content (AvgIpc) is 3.06. The Bertz CT molecular complexity index is 935. The number of aromatic nitrogens is 1. The van der Waals surface area contributed by atoms with E-state index in [1.54, 1.807) is 0 Å². The first-order valence-electron chi connectivity index (χ1n) is 10.1. The molecule has 2 atom stereocenters. The number of carbonyl (C=O) groups is 1. The quantitative estimate of drug-likeness (QED) is 0.787. The lowest BCUT2D eigenvalue weighted by molar-refractivity contribution is -0.552. The molecule has 1 fully saturated rings. The summed E-state index contributed by atoms with van der Waals surface area (Å²) in [4.78, 5) is 22.1. The maximum atomic E-state index is 12.6. The Morgan fingerprint density at radius 1 is 1.22 bits per heavy atom. The van der Waals surface area contributed by atoms with Gasteiger partial charge in [-0.25, -0.2) is 9.37 Å². The minimum atomic E-state index is 0.326. The van der Waals surface area contributed by atoms with Crippen molar-refractivity contribution in [2.75, 3.05) is 19.8 Å². The minimum absolute atomic E-state index is 0.326. The second kappa shape index (κ2) is 6.41. The smallest absolute Gasteiger partial charge is 0.261 e. The molecule has 0 N–H and O–H groups in total. The number of hydrogen-bond acceptors (Lipinski definition) is 3. The standard InChI is InChI=1S/C22H27N4O/c1-15(2)20-13-25-14-24(11-17-8-10-21(27)26(20)22(17)25)12-18-9-7-16-5-3-4-6-19(16)23-18/h3-7,9,15,17,20H,8,10-14H2,1-2H3/q+1/t17-,20?/m1/s1. The van der Waals surface area contributed by atoms with Crippen molar-refractivity contribution >= 4 is 22.6 Å². The van der Waals surface area contributed by atoms with Gasteiger partial charge >= 0.3 is 5.91 Å². The number of piperidine rings is 1. The van der Waals surface area contributed by atoms with Crippen LogP contribution in [0.5, 0.6) is 0 Å². The zero-order chi connectivity index (χ0) is 18.5. The number of carbonyl (C=O) groups excluding carboxylic acids is 1. The molecular formula is C22H27N4O+. The summed E-state index contributed by atoms with van der Waals surface area (Å²) >= 11 is 0. The predicted molar refractivity (Wildman–Crippen MR) is 105 cm³/mol. The molecular weight excluding hydrogens is 336 g/mol. The average molecular weight is 363 g/mol. The molecule has 0 aliphatic carbocycles. The van der Waals surface area contributed by atoms with Crippen LogP contribution in [0.1, 0.15) is 32.4 Å². The van der Waals surface area contributed by atoms with Crippen LogP contribution in [0.25, 0.3) is 10.9 Å². The molecule has 0 bridgehead atoms. The molecule has 5 nitrogen and oxygen atoms in total. The van der Waals surface area contributed by atoms with Gasteiger partial charge < -0.3 is 0 Å². The molecule has 2 aromatic rings. The fraction of sp³-hybridized carbons (Fsp3) is 0.500. The lowest BCUT2D eigenvalue weighted by atomic mass is 9.92. The summed E-state index contributed by atoms with van der Waals surface area (Å²) in [5, 5.41) is 1.19.